The fraction of sp³-hybridized carbons (Fsp3) is 0.300. The maximum atomic E-state index is 11.1. The van der Waals surface area contributed by atoms with Crippen molar-refractivity contribution in [1.82, 2.24) is 0 Å². The van der Waals surface area contributed by atoms with Gasteiger partial charge in [0.1, 0.15) is 0 Å². The van der Waals surface area contributed by atoms with E-state index in [9.17, 15) is 4.79 Å². The molecule has 1 unspecified atom stereocenters. The molecule has 1 atom stereocenters. The molecular formula is C10H14BrN3O. The van der Waals surface area contributed by atoms with Gasteiger partial charge in [0.05, 0.1) is 5.56 Å². The van der Waals surface area contributed by atoms with E-state index in [0.717, 1.165) is 4.47 Å². The average Bonchev–Trinajstić information content (AvgIpc) is 2.14. The zero-order chi connectivity index (χ0) is 11.4. The lowest BCUT2D eigenvalue weighted by molar-refractivity contribution is 0.100. The van der Waals surface area contributed by atoms with Gasteiger partial charge >= 0.3 is 0 Å². The predicted octanol–water partition coefficient (Wildman–Crippen LogP) is 1.31. The number of carbonyl (C=O) groups excluding carboxylic acids is 1. The van der Waals surface area contributed by atoms with Crippen LogP contribution in [0.5, 0.6) is 0 Å². The van der Waals surface area contributed by atoms with Gasteiger partial charge in [-0.05, 0) is 25.1 Å². The Morgan fingerprint density at radius 2 is 2.27 bits per heavy atom. The van der Waals surface area contributed by atoms with E-state index >= 15 is 0 Å². The Hall–Kier alpha value is -1.07. The quantitative estimate of drug-likeness (QED) is 0.772. The summed E-state index contributed by atoms with van der Waals surface area (Å²) >= 11 is 3.33. The first-order chi connectivity index (χ1) is 7.00. The molecule has 0 radical (unpaired) electrons. The number of halogens is 1. The molecule has 0 heterocycles. The zero-order valence-corrected chi connectivity index (χ0v) is 10.0. The zero-order valence-electron chi connectivity index (χ0n) is 8.46. The van der Waals surface area contributed by atoms with Gasteiger partial charge in [0.15, 0.2) is 0 Å². The Kier molecular flexibility index (Phi) is 4.11. The maximum Gasteiger partial charge on any atom is 0.250 e. The van der Waals surface area contributed by atoms with Gasteiger partial charge in [-0.1, -0.05) is 15.9 Å². The van der Waals surface area contributed by atoms with Crippen LogP contribution in [0.4, 0.5) is 5.69 Å². The van der Waals surface area contributed by atoms with Gasteiger partial charge in [-0.2, -0.15) is 0 Å². The van der Waals surface area contributed by atoms with Crippen molar-refractivity contribution in [2.45, 2.75) is 13.0 Å². The van der Waals surface area contributed by atoms with Crippen LogP contribution in [0.15, 0.2) is 22.7 Å². The molecule has 0 aromatic heterocycles. The third-order valence-electron chi connectivity index (χ3n) is 1.86. The second-order valence-corrected chi connectivity index (χ2v) is 4.33. The molecule has 5 N–H and O–H groups in total. The highest BCUT2D eigenvalue weighted by atomic mass is 79.9. The van der Waals surface area contributed by atoms with Gasteiger partial charge in [-0.25, -0.2) is 0 Å². The molecule has 1 amide bonds. The summed E-state index contributed by atoms with van der Waals surface area (Å²) in [5.41, 5.74) is 12.0. The van der Waals surface area contributed by atoms with Crippen LogP contribution < -0.4 is 16.8 Å². The molecule has 0 spiro atoms. The molecule has 1 aromatic carbocycles. The van der Waals surface area contributed by atoms with Crippen LogP contribution >= 0.6 is 15.9 Å². The minimum atomic E-state index is -0.449. The van der Waals surface area contributed by atoms with Crippen LogP contribution in [0.25, 0.3) is 0 Å². The standard InChI is InChI=1S/C10H14BrN3O/c1-6(12)5-14-9-4-7(11)2-3-8(9)10(13)15/h2-4,6,14H,5,12H2,1H3,(H2,13,15). The highest BCUT2D eigenvalue weighted by Crippen LogP contribution is 2.20. The van der Waals surface area contributed by atoms with Gasteiger partial charge in [-0.15, -0.1) is 0 Å². The van der Waals surface area contributed by atoms with Gasteiger partial charge in [0, 0.05) is 22.7 Å². The van der Waals surface area contributed by atoms with Gasteiger partial charge in [0.2, 0.25) is 0 Å². The van der Waals surface area contributed by atoms with E-state index in [-0.39, 0.29) is 6.04 Å². The average molecular weight is 272 g/mol. The van der Waals surface area contributed by atoms with Crippen molar-refractivity contribution >= 4 is 27.5 Å². The van der Waals surface area contributed by atoms with E-state index in [1.165, 1.54) is 0 Å². The molecule has 0 bridgehead atoms. The smallest absolute Gasteiger partial charge is 0.250 e. The van der Waals surface area contributed by atoms with Gasteiger partial charge < -0.3 is 16.8 Å². The minimum Gasteiger partial charge on any atom is -0.383 e. The lowest BCUT2D eigenvalue weighted by atomic mass is 10.1. The maximum absolute atomic E-state index is 11.1. The first-order valence-corrected chi connectivity index (χ1v) is 5.39. The molecule has 4 nitrogen and oxygen atoms in total. The first-order valence-electron chi connectivity index (χ1n) is 4.59. The minimum absolute atomic E-state index is 0.0182. The lowest BCUT2D eigenvalue weighted by Crippen LogP contribution is -2.26. The summed E-state index contributed by atoms with van der Waals surface area (Å²) in [5.74, 6) is -0.449. The first kappa shape index (κ1) is 12.0. The van der Waals surface area contributed by atoms with Crippen molar-refractivity contribution in [2.24, 2.45) is 11.5 Å². The summed E-state index contributed by atoms with van der Waals surface area (Å²) in [6.07, 6.45) is 0. The molecule has 0 aliphatic carbocycles. The molecule has 0 fully saturated rings. The Morgan fingerprint density at radius 1 is 1.60 bits per heavy atom. The highest BCUT2D eigenvalue weighted by Gasteiger charge is 2.08. The molecule has 0 aliphatic rings. The van der Waals surface area contributed by atoms with Gasteiger partial charge in [0.25, 0.3) is 5.91 Å². The third-order valence-corrected chi connectivity index (χ3v) is 2.35. The number of nitrogens with one attached hydrogen (secondary N) is 1. The fourth-order valence-corrected chi connectivity index (χ4v) is 1.51. The van der Waals surface area contributed by atoms with E-state index in [1.54, 1.807) is 12.1 Å². The largest absolute Gasteiger partial charge is 0.383 e. The second kappa shape index (κ2) is 5.14. The molecule has 15 heavy (non-hydrogen) atoms. The van der Waals surface area contributed by atoms with Crippen LogP contribution in [0.2, 0.25) is 0 Å². The number of benzene rings is 1. The molecule has 0 saturated heterocycles. The van der Waals surface area contributed by atoms with Crippen LogP contribution in [0.1, 0.15) is 17.3 Å². The Bertz CT molecular complexity index is 366. The predicted molar refractivity (Wildman–Crippen MR) is 64.8 cm³/mol. The normalized spacial score (nSPS) is 12.2. The lowest BCUT2D eigenvalue weighted by Gasteiger charge is -2.12. The summed E-state index contributed by atoms with van der Waals surface area (Å²) in [6.45, 7) is 2.48. The molecule has 1 aromatic rings. The summed E-state index contributed by atoms with van der Waals surface area (Å²) < 4.78 is 0.889. The number of hydrogen-bond donors (Lipinski definition) is 3. The third kappa shape index (κ3) is 3.53. The van der Waals surface area contributed by atoms with Crippen LogP contribution in [-0.4, -0.2) is 18.5 Å². The van der Waals surface area contributed by atoms with Crippen LogP contribution in [0, 0.1) is 0 Å². The molecule has 1 rings (SSSR count). The van der Waals surface area contributed by atoms with Gasteiger partial charge in [-0.3, -0.25) is 4.79 Å². The Labute approximate surface area is 97.1 Å². The van der Waals surface area contributed by atoms with Crippen molar-refractivity contribution < 1.29 is 4.79 Å². The molecule has 82 valence electrons. The Morgan fingerprint density at radius 3 is 2.80 bits per heavy atom. The number of anilines is 1. The molecule has 0 aliphatic heterocycles. The topological polar surface area (TPSA) is 81.1 Å². The Balaban J connectivity index is 2.92. The van der Waals surface area contributed by atoms with E-state index in [4.69, 9.17) is 11.5 Å². The van der Waals surface area contributed by atoms with Crippen molar-refractivity contribution in [3.05, 3.63) is 28.2 Å². The molecule has 5 heteroatoms. The number of nitrogens with two attached hydrogens (primary N) is 2. The summed E-state index contributed by atoms with van der Waals surface area (Å²) in [6, 6.07) is 5.28. The van der Waals surface area contributed by atoms with Crippen LogP contribution in [-0.2, 0) is 0 Å². The summed E-state index contributed by atoms with van der Waals surface area (Å²) in [7, 11) is 0. The van der Waals surface area contributed by atoms with Crippen molar-refractivity contribution in [2.75, 3.05) is 11.9 Å². The van der Waals surface area contributed by atoms with E-state index in [0.29, 0.717) is 17.8 Å². The van der Waals surface area contributed by atoms with E-state index < -0.39 is 5.91 Å². The molecular weight excluding hydrogens is 258 g/mol. The van der Waals surface area contributed by atoms with Crippen molar-refractivity contribution in [1.29, 1.82) is 0 Å². The monoisotopic (exact) mass is 271 g/mol. The van der Waals surface area contributed by atoms with Crippen molar-refractivity contribution in [3.8, 4) is 0 Å². The summed E-state index contributed by atoms with van der Waals surface area (Å²) in [4.78, 5) is 11.1. The SMILES string of the molecule is CC(N)CNc1cc(Br)ccc1C(N)=O. The fourth-order valence-electron chi connectivity index (χ4n) is 1.15. The van der Waals surface area contributed by atoms with E-state index in [2.05, 4.69) is 21.2 Å². The number of amides is 1. The van der Waals surface area contributed by atoms with E-state index in [1.807, 2.05) is 13.0 Å². The second-order valence-electron chi connectivity index (χ2n) is 3.41. The van der Waals surface area contributed by atoms with Crippen molar-refractivity contribution in [3.63, 3.8) is 0 Å². The number of rotatable bonds is 4. The summed E-state index contributed by atoms with van der Waals surface area (Å²) in [5, 5.41) is 3.08. The number of primary amides is 1. The van der Waals surface area contributed by atoms with Crippen LogP contribution in [0.3, 0.4) is 0 Å². The number of carbonyl (C=O) groups is 1. The molecule has 0 saturated carbocycles. The number of hydrogen-bond acceptors (Lipinski definition) is 3. The highest BCUT2D eigenvalue weighted by molar-refractivity contribution is 9.10.